The molecular weight excluding hydrogens is 515 g/mol. The van der Waals surface area contributed by atoms with Crippen molar-refractivity contribution in [2.24, 2.45) is 0 Å². The van der Waals surface area contributed by atoms with E-state index < -0.39 is 0 Å². The Hall–Kier alpha value is -2.61. The van der Waals surface area contributed by atoms with Crippen LogP contribution in [0.4, 0.5) is 0 Å². The van der Waals surface area contributed by atoms with Crippen molar-refractivity contribution in [3.63, 3.8) is 0 Å². The summed E-state index contributed by atoms with van der Waals surface area (Å²) in [6, 6.07) is 49.4. The molecule has 6 rings (SSSR count). The molecule has 0 amide bonds. The number of rotatable bonds is 4. The molecule has 5 aromatic rings. The van der Waals surface area contributed by atoms with Crippen molar-refractivity contribution in [1.82, 2.24) is 0 Å². The maximum Gasteiger partial charge on any atom is -0.0253 e. The molecule has 0 atom stereocenters. The second kappa shape index (κ2) is 16.2. The Morgan fingerprint density at radius 2 is 1.17 bits per heavy atom. The van der Waals surface area contributed by atoms with E-state index in [-0.39, 0.29) is 24.8 Å². The first-order chi connectivity index (χ1) is 16.8. The van der Waals surface area contributed by atoms with E-state index in [4.69, 9.17) is 0 Å². The Balaban J connectivity index is 0.000000205. The van der Waals surface area contributed by atoms with Gasteiger partial charge in [0.05, 0.1) is 0 Å². The van der Waals surface area contributed by atoms with Crippen LogP contribution in [0.1, 0.15) is 22.3 Å². The van der Waals surface area contributed by atoms with E-state index in [1.807, 2.05) is 36.4 Å². The average Bonchev–Trinajstić information content (AvgIpc) is 3.58. The fraction of sp³-hybridized carbons (Fsp3) is 0.0909. The van der Waals surface area contributed by atoms with Gasteiger partial charge >= 0.3 is 108 Å². The minimum absolute atomic E-state index is 0. The van der Waals surface area contributed by atoms with Gasteiger partial charge in [0, 0.05) is 0 Å². The molecule has 180 valence electrons. The number of hydrogen-bond donors (Lipinski definition) is 0. The van der Waals surface area contributed by atoms with Crippen molar-refractivity contribution in [3.8, 4) is 11.1 Å². The third-order valence-corrected chi connectivity index (χ3v) is 6.24. The van der Waals surface area contributed by atoms with Gasteiger partial charge < -0.3 is 24.8 Å². The zero-order chi connectivity index (χ0) is 23.4. The molecule has 0 aromatic heterocycles. The molecule has 36 heavy (non-hydrogen) atoms. The molecule has 0 radical (unpaired) electrons. The molecule has 0 N–H and O–H groups in total. The van der Waals surface area contributed by atoms with Gasteiger partial charge in [-0.2, -0.15) is 48.0 Å². The summed E-state index contributed by atoms with van der Waals surface area (Å²) < 4.78 is 1.51. The van der Waals surface area contributed by atoms with Crippen molar-refractivity contribution in [2.75, 3.05) is 0 Å². The molecule has 0 unspecified atom stereocenters. The van der Waals surface area contributed by atoms with Gasteiger partial charge in [-0.25, -0.2) is 12.1 Å². The summed E-state index contributed by atoms with van der Waals surface area (Å²) in [7, 11) is 0. The third-order valence-electron chi connectivity index (χ3n) is 5.69. The standard InChI is InChI=1S/C15H14.C13H9.C5H5.2ClH.Ti/c1-3-8-14(9-4-1)12-7-13-15-10-5-2-6-11-15;1-3-7-12-10(5-1)9-11-6-2-4-8-13(11)12;1-2-4-5-3-1;;;/h1-6,8-11H,12-13H2;1-5,7-8H,9H2;1-5H;2*1H;/q;2*-1;;;+2/p-2. The van der Waals surface area contributed by atoms with Crippen molar-refractivity contribution in [1.29, 1.82) is 0 Å². The van der Waals surface area contributed by atoms with Crippen LogP contribution in [0.2, 0.25) is 0 Å². The van der Waals surface area contributed by atoms with Crippen LogP contribution < -0.4 is 24.8 Å². The SMILES string of the molecule is [Cl-].[Cl-].[Ti+2]=[C](Cc1ccccc1)Cc1ccccc1.[c-]1cccc2c1Cc1ccccc1-2.c1cc[cH-]c1. The molecule has 0 heterocycles. The maximum absolute atomic E-state index is 3.30. The Morgan fingerprint density at radius 1 is 0.639 bits per heavy atom. The van der Waals surface area contributed by atoms with Gasteiger partial charge in [-0.1, -0.05) is 35.4 Å². The van der Waals surface area contributed by atoms with Gasteiger partial charge in [0.15, 0.2) is 0 Å². The summed E-state index contributed by atoms with van der Waals surface area (Å²) in [5.74, 6) is 0. The van der Waals surface area contributed by atoms with Crippen LogP contribution in [0.3, 0.4) is 0 Å². The summed E-state index contributed by atoms with van der Waals surface area (Å²) in [5.41, 5.74) is 8.31. The van der Waals surface area contributed by atoms with Crippen LogP contribution in [-0.4, -0.2) is 3.81 Å². The summed E-state index contributed by atoms with van der Waals surface area (Å²) >= 11 is 2.24. The van der Waals surface area contributed by atoms with E-state index >= 15 is 0 Å². The zero-order valence-electron chi connectivity index (χ0n) is 20.1. The monoisotopic (exact) mass is 542 g/mol. The van der Waals surface area contributed by atoms with E-state index in [0.29, 0.717) is 0 Å². The predicted octanol–water partition coefficient (Wildman–Crippen LogP) is 1.66. The van der Waals surface area contributed by atoms with Gasteiger partial charge in [-0.3, -0.25) is 0 Å². The molecular formula is C33H28Cl2Ti-2. The summed E-state index contributed by atoms with van der Waals surface area (Å²) in [6.07, 6.45) is 3.21. The van der Waals surface area contributed by atoms with Crippen molar-refractivity contribution in [3.05, 3.63) is 162 Å². The molecule has 0 fully saturated rings. The fourth-order valence-electron chi connectivity index (χ4n) is 4.07. The molecule has 1 aliphatic carbocycles. The largest absolute Gasteiger partial charge is 0.214 e. The second-order valence-electron chi connectivity index (χ2n) is 8.29. The first-order valence-electron chi connectivity index (χ1n) is 11.7. The minimum atomic E-state index is 0. The van der Waals surface area contributed by atoms with Crippen LogP contribution in [0.15, 0.2) is 133 Å². The minimum Gasteiger partial charge on any atom is -0.214 e. The third kappa shape index (κ3) is 9.12. The summed E-state index contributed by atoms with van der Waals surface area (Å²) in [4.78, 5) is 0. The average molecular weight is 543 g/mol. The summed E-state index contributed by atoms with van der Waals surface area (Å²) in [6.45, 7) is 0. The van der Waals surface area contributed by atoms with E-state index in [1.54, 1.807) is 0 Å². The molecule has 0 bridgehead atoms. The van der Waals surface area contributed by atoms with Gasteiger partial charge in [0.2, 0.25) is 0 Å². The Labute approximate surface area is 239 Å². The van der Waals surface area contributed by atoms with Gasteiger partial charge in [-0.15, -0.1) is 5.56 Å². The molecule has 0 saturated carbocycles. The van der Waals surface area contributed by atoms with Crippen LogP contribution in [0.5, 0.6) is 0 Å². The Morgan fingerprint density at radius 3 is 1.72 bits per heavy atom. The molecule has 0 nitrogen and oxygen atoms in total. The van der Waals surface area contributed by atoms with Gasteiger partial charge in [-0.05, 0) is 6.42 Å². The molecule has 0 saturated heterocycles. The smallest absolute Gasteiger partial charge is 0.0253 e. The first kappa shape index (κ1) is 29.6. The second-order valence-corrected chi connectivity index (χ2v) is 9.39. The number of benzene rings is 4. The zero-order valence-corrected chi connectivity index (χ0v) is 23.2. The fourth-order valence-corrected chi connectivity index (χ4v) is 4.70. The topological polar surface area (TPSA) is 0 Å². The molecule has 5 aromatic carbocycles. The maximum atomic E-state index is 3.30. The van der Waals surface area contributed by atoms with E-state index in [0.717, 1.165) is 19.3 Å². The molecule has 1 aliphatic rings. The van der Waals surface area contributed by atoms with Crippen molar-refractivity contribution >= 4 is 3.81 Å². The Bertz CT molecular complexity index is 1180. The summed E-state index contributed by atoms with van der Waals surface area (Å²) in [5, 5.41) is 0. The normalized spacial score (nSPS) is 10.1. The number of fused-ring (bicyclic) bond motifs is 3. The predicted molar refractivity (Wildman–Crippen MR) is 141 cm³/mol. The van der Waals surface area contributed by atoms with Gasteiger partial charge in [0.25, 0.3) is 0 Å². The quantitative estimate of drug-likeness (QED) is 0.235. The van der Waals surface area contributed by atoms with Crippen LogP contribution >= 0.6 is 0 Å². The van der Waals surface area contributed by atoms with E-state index in [2.05, 4.69) is 123 Å². The van der Waals surface area contributed by atoms with Crippen LogP contribution in [-0.2, 0) is 39.2 Å². The van der Waals surface area contributed by atoms with Crippen LogP contribution in [0, 0.1) is 6.07 Å². The molecule has 0 aliphatic heterocycles. The van der Waals surface area contributed by atoms with Gasteiger partial charge in [0.1, 0.15) is 0 Å². The van der Waals surface area contributed by atoms with Crippen molar-refractivity contribution in [2.45, 2.75) is 19.3 Å². The molecule has 3 heteroatoms. The van der Waals surface area contributed by atoms with E-state index in [1.165, 1.54) is 37.2 Å². The number of halogens is 2. The first-order valence-corrected chi connectivity index (χ1v) is 12.5. The molecule has 0 spiro atoms. The number of hydrogen-bond acceptors (Lipinski definition) is 0. The van der Waals surface area contributed by atoms with E-state index in [9.17, 15) is 0 Å². The van der Waals surface area contributed by atoms with Crippen LogP contribution in [0.25, 0.3) is 11.1 Å². The van der Waals surface area contributed by atoms with Crippen molar-refractivity contribution < 1.29 is 44.8 Å². The Kier molecular flexibility index (Phi) is 13.3.